The van der Waals surface area contributed by atoms with Crippen molar-refractivity contribution in [1.29, 1.82) is 0 Å². The molecular weight excluding hydrogens is 475 g/mol. The molecule has 2 N–H and O–H groups in total. The van der Waals surface area contributed by atoms with Gasteiger partial charge in [0.1, 0.15) is 0 Å². The maximum atomic E-state index is 12.3. The number of benzene rings is 1. The van der Waals surface area contributed by atoms with Crippen molar-refractivity contribution in [1.82, 2.24) is 15.5 Å². The van der Waals surface area contributed by atoms with E-state index in [1.54, 1.807) is 0 Å². The SMILES string of the molecule is CN=C(NCC1CC(=O)N(CCc2ccccc2)C1)NCC1CCCCC1C.I. The zero-order chi connectivity index (χ0) is 19.8. The molecule has 162 valence electrons. The Morgan fingerprint density at radius 3 is 2.59 bits per heavy atom. The first-order valence-corrected chi connectivity index (χ1v) is 10.9. The topological polar surface area (TPSA) is 56.7 Å². The van der Waals surface area contributed by atoms with E-state index in [0.29, 0.717) is 12.3 Å². The van der Waals surface area contributed by atoms with Crippen molar-refractivity contribution < 1.29 is 4.79 Å². The molecule has 1 aliphatic carbocycles. The molecule has 0 aromatic heterocycles. The second-order valence-electron chi connectivity index (χ2n) is 8.50. The molecule has 0 radical (unpaired) electrons. The number of hydrogen-bond acceptors (Lipinski definition) is 2. The van der Waals surface area contributed by atoms with E-state index in [-0.39, 0.29) is 29.9 Å². The van der Waals surface area contributed by atoms with Crippen molar-refractivity contribution in [2.24, 2.45) is 22.7 Å². The highest BCUT2D eigenvalue weighted by Crippen LogP contribution is 2.28. The summed E-state index contributed by atoms with van der Waals surface area (Å²) < 4.78 is 0. The minimum Gasteiger partial charge on any atom is -0.356 e. The second-order valence-corrected chi connectivity index (χ2v) is 8.50. The third-order valence-corrected chi connectivity index (χ3v) is 6.41. The maximum Gasteiger partial charge on any atom is 0.223 e. The highest BCUT2D eigenvalue weighted by molar-refractivity contribution is 14.0. The number of halogens is 1. The summed E-state index contributed by atoms with van der Waals surface area (Å²) in [6.45, 7) is 5.82. The first-order valence-electron chi connectivity index (χ1n) is 10.9. The molecule has 1 saturated heterocycles. The fourth-order valence-corrected chi connectivity index (χ4v) is 4.50. The van der Waals surface area contributed by atoms with Crippen molar-refractivity contribution in [3.63, 3.8) is 0 Å². The van der Waals surface area contributed by atoms with Gasteiger partial charge in [-0.15, -0.1) is 24.0 Å². The fraction of sp³-hybridized carbons (Fsp3) is 0.652. The van der Waals surface area contributed by atoms with Gasteiger partial charge in [-0.05, 0) is 30.2 Å². The van der Waals surface area contributed by atoms with Gasteiger partial charge in [0.2, 0.25) is 5.91 Å². The summed E-state index contributed by atoms with van der Waals surface area (Å²) in [5.74, 6) is 3.05. The number of nitrogens with zero attached hydrogens (tertiary/aromatic N) is 2. The van der Waals surface area contributed by atoms with Crippen LogP contribution in [0.1, 0.15) is 44.6 Å². The van der Waals surface area contributed by atoms with E-state index in [1.807, 2.05) is 18.0 Å². The first kappa shape index (κ1) is 24.0. The molecule has 6 heteroatoms. The van der Waals surface area contributed by atoms with Gasteiger partial charge in [-0.25, -0.2) is 0 Å². The van der Waals surface area contributed by atoms with Crippen LogP contribution < -0.4 is 10.6 Å². The summed E-state index contributed by atoms with van der Waals surface area (Å²) in [6.07, 6.45) is 6.96. The van der Waals surface area contributed by atoms with Gasteiger partial charge in [0.05, 0.1) is 0 Å². The Kier molecular flexibility index (Phi) is 10.2. The van der Waals surface area contributed by atoms with Crippen LogP contribution >= 0.6 is 24.0 Å². The number of nitrogens with one attached hydrogen (secondary N) is 2. The molecule has 3 rings (SSSR count). The fourth-order valence-electron chi connectivity index (χ4n) is 4.50. The third kappa shape index (κ3) is 7.46. The second kappa shape index (κ2) is 12.4. The van der Waals surface area contributed by atoms with Crippen LogP contribution in [0.25, 0.3) is 0 Å². The minimum atomic E-state index is 0. The number of guanidine groups is 1. The van der Waals surface area contributed by atoms with Crippen molar-refractivity contribution in [3.05, 3.63) is 35.9 Å². The highest BCUT2D eigenvalue weighted by Gasteiger charge is 2.29. The van der Waals surface area contributed by atoms with Gasteiger partial charge >= 0.3 is 0 Å². The Morgan fingerprint density at radius 2 is 1.86 bits per heavy atom. The Bertz CT molecular complexity index is 652. The number of rotatable bonds is 7. The number of hydrogen-bond donors (Lipinski definition) is 2. The smallest absolute Gasteiger partial charge is 0.223 e. The van der Waals surface area contributed by atoms with Gasteiger partial charge in [-0.3, -0.25) is 9.79 Å². The number of likely N-dealkylation sites (tertiary alicyclic amines) is 1. The van der Waals surface area contributed by atoms with Crippen molar-refractivity contribution in [2.75, 3.05) is 33.2 Å². The van der Waals surface area contributed by atoms with E-state index in [0.717, 1.165) is 50.4 Å². The predicted molar refractivity (Wildman–Crippen MR) is 131 cm³/mol. The Morgan fingerprint density at radius 1 is 1.14 bits per heavy atom. The van der Waals surface area contributed by atoms with E-state index >= 15 is 0 Å². The molecule has 1 aromatic rings. The molecule has 2 fully saturated rings. The predicted octanol–water partition coefficient (Wildman–Crippen LogP) is 3.69. The van der Waals surface area contributed by atoms with Gasteiger partial charge in [0.25, 0.3) is 0 Å². The molecule has 1 saturated carbocycles. The molecule has 29 heavy (non-hydrogen) atoms. The van der Waals surface area contributed by atoms with Gasteiger partial charge < -0.3 is 15.5 Å². The molecule has 3 atom stereocenters. The highest BCUT2D eigenvalue weighted by atomic mass is 127. The molecule has 0 spiro atoms. The van der Waals surface area contributed by atoms with Crippen LogP contribution in [0.3, 0.4) is 0 Å². The van der Waals surface area contributed by atoms with Crippen LogP contribution in [-0.2, 0) is 11.2 Å². The van der Waals surface area contributed by atoms with Gasteiger partial charge in [0.15, 0.2) is 5.96 Å². The summed E-state index contributed by atoms with van der Waals surface area (Å²) in [5, 5.41) is 6.94. The van der Waals surface area contributed by atoms with Crippen LogP contribution in [0.5, 0.6) is 0 Å². The minimum absolute atomic E-state index is 0. The third-order valence-electron chi connectivity index (χ3n) is 6.41. The lowest BCUT2D eigenvalue weighted by Crippen LogP contribution is -2.43. The van der Waals surface area contributed by atoms with E-state index in [9.17, 15) is 4.79 Å². The van der Waals surface area contributed by atoms with Crippen molar-refractivity contribution >= 4 is 35.8 Å². The summed E-state index contributed by atoms with van der Waals surface area (Å²) in [5.41, 5.74) is 1.29. The standard InChI is InChI=1S/C23H36N4O.HI/c1-18-8-6-7-11-21(18)16-26-23(24-2)25-15-20-14-22(28)27(17-20)13-12-19-9-4-3-5-10-19;/h3-5,9-10,18,20-21H,6-8,11-17H2,1-2H3,(H2,24,25,26);1H. The monoisotopic (exact) mass is 512 g/mol. The Balaban J connectivity index is 0.00000300. The normalized spacial score (nSPS) is 24.9. The molecule has 2 aliphatic rings. The van der Waals surface area contributed by atoms with Gasteiger partial charge in [-0.2, -0.15) is 0 Å². The van der Waals surface area contributed by atoms with Crippen LogP contribution in [0.4, 0.5) is 0 Å². The lowest BCUT2D eigenvalue weighted by Gasteiger charge is -2.29. The molecule has 0 bridgehead atoms. The average Bonchev–Trinajstić information content (AvgIpc) is 3.08. The molecule has 1 aromatic carbocycles. The lowest BCUT2D eigenvalue weighted by molar-refractivity contribution is -0.127. The van der Waals surface area contributed by atoms with Gasteiger partial charge in [-0.1, -0.05) is 56.5 Å². The molecule has 1 amide bonds. The number of aliphatic imine (C=N–C) groups is 1. The van der Waals surface area contributed by atoms with Crippen LogP contribution in [0.2, 0.25) is 0 Å². The summed E-state index contributed by atoms with van der Waals surface area (Å²) >= 11 is 0. The van der Waals surface area contributed by atoms with Crippen LogP contribution in [-0.4, -0.2) is 50.0 Å². The van der Waals surface area contributed by atoms with E-state index in [2.05, 4.69) is 46.8 Å². The maximum absolute atomic E-state index is 12.3. The molecule has 3 unspecified atom stereocenters. The quantitative estimate of drug-likeness (QED) is 0.333. The van der Waals surface area contributed by atoms with E-state index in [1.165, 1.54) is 31.2 Å². The molecular formula is C23H37IN4O. The summed E-state index contributed by atoms with van der Waals surface area (Å²) in [6, 6.07) is 10.4. The van der Waals surface area contributed by atoms with E-state index < -0.39 is 0 Å². The molecule has 1 heterocycles. The molecule has 1 aliphatic heterocycles. The largest absolute Gasteiger partial charge is 0.356 e. The molecule has 5 nitrogen and oxygen atoms in total. The van der Waals surface area contributed by atoms with Crippen molar-refractivity contribution in [3.8, 4) is 0 Å². The lowest BCUT2D eigenvalue weighted by atomic mass is 9.80. The van der Waals surface area contributed by atoms with Crippen molar-refractivity contribution in [2.45, 2.75) is 45.4 Å². The van der Waals surface area contributed by atoms with Crippen LogP contribution in [0.15, 0.2) is 35.3 Å². The number of amides is 1. The zero-order valence-electron chi connectivity index (χ0n) is 17.9. The number of carbonyl (C=O) groups excluding carboxylic acids is 1. The number of carbonyl (C=O) groups is 1. The van der Waals surface area contributed by atoms with E-state index in [4.69, 9.17) is 0 Å². The summed E-state index contributed by atoms with van der Waals surface area (Å²) in [7, 11) is 1.82. The summed E-state index contributed by atoms with van der Waals surface area (Å²) in [4.78, 5) is 18.7. The van der Waals surface area contributed by atoms with Crippen LogP contribution in [0, 0.1) is 17.8 Å². The average molecular weight is 512 g/mol. The zero-order valence-corrected chi connectivity index (χ0v) is 20.2. The van der Waals surface area contributed by atoms with Gasteiger partial charge in [0, 0.05) is 45.6 Å². The Labute approximate surface area is 193 Å². The first-order chi connectivity index (χ1) is 13.7. The Hall–Kier alpha value is -1.31.